The number of likely N-dealkylation sites (N-methyl/N-ethyl adjacent to an activating group) is 1. The van der Waals surface area contributed by atoms with Crippen molar-refractivity contribution in [1.29, 1.82) is 0 Å². The number of nitrogens with two attached hydrogens (primary N) is 1. The predicted molar refractivity (Wildman–Crippen MR) is 63.7 cm³/mol. The molecule has 1 fully saturated rings. The lowest BCUT2D eigenvalue weighted by Crippen LogP contribution is -2.38. The Labute approximate surface area is 106 Å². The van der Waals surface area contributed by atoms with Gasteiger partial charge in [-0.3, -0.25) is 4.90 Å². The van der Waals surface area contributed by atoms with Gasteiger partial charge in [0.1, 0.15) is 12.1 Å². The number of ether oxygens (including phenoxy) is 1. The number of aliphatic hydroxyl groups is 1. The maximum Gasteiger partial charge on any atom is 0.246 e. The number of morpholine rings is 1. The van der Waals surface area contributed by atoms with E-state index in [1.54, 1.807) is 6.92 Å². The highest BCUT2D eigenvalue weighted by Gasteiger charge is 2.27. The quantitative estimate of drug-likeness (QED) is 0.772. The predicted octanol–water partition coefficient (Wildman–Crippen LogP) is -0.157. The SMILES string of the molecule is CCN1CCOC(c2noc(C(N)C(C)O)n2)C1. The number of rotatable bonds is 4. The van der Waals surface area contributed by atoms with Crippen molar-refractivity contribution in [2.24, 2.45) is 5.73 Å². The van der Waals surface area contributed by atoms with Gasteiger partial charge in [0.15, 0.2) is 0 Å². The first-order valence-electron chi connectivity index (χ1n) is 6.23. The smallest absolute Gasteiger partial charge is 0.246 e. The van der Waals surface area contributed by atoms with Crippen LogP contribution in [0, 0.1) is 0 Å². The Morgan fingerprint density at radius 1 is 1.61 bits per heavy atom. The van der Waals surface area contributed by atoms with Crippen molar-refractivity contribution in [3.63, 3.8) is 0 Å². The fraction of sp³-hybridized carbons (Fsp3) is 0.818. The first-order chi connectivity index (χ1) is 8.61. The molecule has 1 aliphatic heterocycles. The average Bonchev–Trinajstić information content (AvgIpc) is 2.87. The first kappa shape index (κ1) is 13.4. The molecule has 0 aliphatic carbocycles. The minimum absolute atomic E-state index is 0.183. The zero-order valence-corrected chi connectivity index (χ0v) is 10.7. The van der Waals surface area contributed by atoms with Crippen LogP contribution in [-0.4, -0.2) is 52.5 Å². The second-order valence-electron chi connectivity index (χ2n) is 4.51. The maximum atomic E-state index is 9.38. The van der Waals surface area contributed by atoms with E-state index in [-0.39, 0.29) is 12.0 Å². The number of aliphatic hydroxyl groups excluding tert-OH is 1. The Kier molecular flexibility index (Phi) is 4.28. The Bertz CT molecular complexity index is 382. The maximum absolute atomic E-state index is 9.38. The second kappa shape index (κ2) is 5.75. The minimum atomic E-state index is -0.724. The second-order valence-corrected chi connectivity index (χ2v) is 4.51. The molecule has 0 aromatic carbocycles. The van der Waals surface area contributed by atoms with Gasteiger partial charge < -0.3 is 20.1 Å². The molecule has 2 rings (SSSR count). The van der Waals surface area contributed by atoms with Crippen molar-refractivity contribution in [3.05, 3.63) is 11.7 Å². The highest BCUT2D eigenvalue weighted by atomic mass is 16.5. The third-order valence-corrected chi connectivity index (χ3v) is 3.15. The summed E-state index contributed by atoms with van der Waals surface area (Å²) in [4.78, 5) is 6.47. The molecule has 1 aliphatic rings. The van der Waals surface area contributed by atoms with Crippen LogP contribution in [0.25, 0.3) is 0 Å². The largest absolute Gasteiger partial charge is 0.391 e. The van der Waals surface area contributed by atoms with E-state index < -0.39 is 12.1 Å². The van der Waals surface area contributed by atoms with Crippen LogP contribution in [0.1, 0.15) is 37.7 Å². The summed E-state index contributed by atoms with van der Waals surface area (Å²) in [5.74, 6) is 0.747. The highest BCUT2D eigenvalue weighted by Crippen LogP contribution is 2.21. The molecule has 0 radical (unpaired) electrons. The summed E-state index contributed by atoms with van der Waals surface area (Å²) in [6.07, 6.45) is -0.907. The molecule has 0 saturated carbocycles. The van der Waals surface area contributed by atoms with Crippen molar-refractivity contribution in [3.8, 4) is 0 Å². The van der Waals surface area contributed by atoms with Crippen LogP contribution in [0.15, 0.2) is 4.52 Å². The lowest BCUT2D eigenvalue weighted by molar-refractivity contribution is -0.0334. The molecule has 1 aromatic rings. The summed E-state index contributed by atoms with van der Waals surface area (Å²) < 4.78 is 10.7. The van der Waals surface area contributed by atoms with Gasteiger partial charge in [-0.1, -0.05) is 12.1 Å². The summed E-state index contributed by atoms with van der Waals surface area (Å²) in [5, 5.41) is 13.3. The van der Waals surface area contributed by atoms with E-state index in [2.05, 4.69) is 22.0 Å². The Morgan fingerprint density at radius 2 is 2.39 bits per heavy atom. The van der Waals surface area contributed by atoms with Gasteiger partial charge in [-0.05, 0) is 13.5 Å². The zero-order valence-electron chi connectivity index (χ0n) is 10.7. The van der Waals surface area contributed by atoms with Crippen molar-refractivity contribution < 1.29 is 14.4 Å². The molecule has 0 spiro atoms. The third-order valence-electron chi connectivity index (χ3n) is 3.15. The molecule has 0 bridgehead atoms. The van der Waals surface area contributed by atoms with Gasteiger partial charge in [0.25, 0.3) is 0 Å². The average molecular weight is 256 g/mol. The van der Waals surface area contributed by atoms with E-state index in [9.17, 15) is 5.11 Å². The molecular formula is C11H20N4O3. The van der Waals surface area contributed by atoms with Gasteiger partial charge in [-0.15, -0.1) is 0 Å². The van der Waals surface area contributed by atoms with Crippen molar-refractivity contribution in [1.82, 2.24) is 15.0 Å². The van der Waals surface area contributed by atoms with Crippen molar-refractivity contribution in [2.45, 2.75) is 32.1 Å². The lowest BCUT2D eigenvalue weighted by atomic mass is 10.2. The van der Waals surface area contributed by atoms with E-state index >= 15 is 0 Å². The van der Waals surface area contributed by atoms with E-state index in [0.29, 0.717) is 12.4 Å². The van der Waals surface area contributed by atoms with E-state index in [0.717, 1.165) is 19.6 Å². The first-order valence-corrected chi connectivity index (χ1v) is 6.23. The molecule has 1 aromatic heterocycles. The van der Waals surface area contributed by atoms with Crippen LogP contribution in [-0.2, 0) is 4.74 Å². The summed E-state index contributed by atoms with van der Waals surface area (Å²) in [5.41, 5.74) is 5.74. The van der Waals surface area contributed by atoms with Crippen molar-refractivity contribution in [2.75, 3.05) is 26.2 Å². The van der Waals surface area contributed by atoms with Gasteiger partial charge >= 0.3 is 0 Å². The Morgan fingerprint density at radius 3 is 3.06 bits per heavy atom. The lowest BCUT2D eigenvalue weighted by Gasteiger charge is -2.30. The molecule has 3 atom stereocenters. The molecule has 102 valence electrons. The number of nitrogens with zero attached hydrogens (tertiary/aromatic N) is 3. The van der Waals surface area contributed by atoms with Gasteiger partial charge in [0, 0.05) is 13.1 Å². The van der Waals surface area contributed by atoms with Gasteiger partial charge in [0.2, 0.25) is 11.7 Å². The summed E-state index contributed by atoms with van der Waals surface area (Å²) in [7, 11) is 0. The molecular weight excluding hydrogens is 236 g/mol. The molecule has 7 heteroatoms. The van der Waals surface area contributed by atoms with Crippen LogP contribution >= 0.6 is 0 Å². The number of hydrogen-bond acceptors (Lipinski definition) is 7. The molecule has 0 amide bonds. The van der Waals surface area contributed by atoms with Gasteiger partial charge in [0.05, 0.1) is 12.7 Å². The minimum Gasteiger partial charge on any atom is -0.391 e. The Balaban J connectivity index is 2.05. The monoisotopic (exact) mass is 256 g/mol. The highest BCUT2D eigenvalue weighted by molar-refractivity contribution is 4.98. The zero-order chi connectivity index (χ0) is 13.1. The molecule has 1 saturated heterocycles. The Hall–Kier alpha value is -1.02. The molecule has 2 heterocycles. The van der Waals surface area contributed by atoms with Crippen LogP contribution in [0.2, 0.25) is 0 Å². The topological polar surface area (TPSA) is 97.6 Å². The molecule has 18 heavy (non-hydrogen) atoms. The normalized spacial score (nSPS) is 25.0. The summed E-state index contributed by atoms with van der Waals surface area (Å²) in [6.45, 7) is 6.99. The summed E-state index contributed by atoms with van der Waals surface area (Å²) >= 11 is 0. The fourth-order valence-corrected chi connectivity index (χ4v) is 1.87. The van der Waals surface area contributed by atoms with Gasteiger partial charge in [-0.2, -0.15) is 4.98 Å². The standard InChI is InChI=1S/C11H20N4O3/c1-3-15-4-5-17-8(6-15)10-13-11(18-14-10)9(12)7(2)16/h7-9,16H,3-6,12H2,1-2H3. The third kappa shape index (κ3) is 2.86. The van der Waals surface area contributed by atoms with Gasteiger partial charge in [-0.25, -0.2) is 0 Å². The van der Waals surface area contributed by atoms with E-state index in [1.807, 2.05) is 0 Å². The fourth-order valence-electron chi connectivity index (χ4n) is 1.87. The van der Waals surface area contributed by atoms with Crippen LogP contribution in [0.5, 0.6) is 0 Å². The molecule has 3 N–H and O–H groups in total. The van der Waals surface area contributed by atoms with E-state index in [4.69, 9.17) is 15.0 Å². The van der Waals surface area contributed by atoms with Crippen LogP contribution < -0.4 is 5.73 Å². The summed E-state index contributed by atoms with van der Waals surface area (Å²) in [6, 6.07) is -0.655. The molecule has 3 unspecified atom stereocenters. The number of aromatic nitrogens is 2. The van der Waals surface area contributed by atoms with Crippen molar-refractivity contribution >= 4 is 0 Å². The number of hydrogen-bond donors (Lipinski definition) is 2. The molecule has 7 nitrogen and oxygen atoms in total. The van der Waals surface area contributed by atoms with Crippen LogP contribution in [0.3, 0.4) is 0 Å². The van der Waals surface area contributed by atoms with E-state index in [1.165, 1.54) is 0 Å². The van der Waals surface area contributed by atoms with Crippen LogP contribution in [0.4, 0.5) is 0 Å².